The summed E-state index contributed by atoms with van der Waals surface area (Å²) in [6, 6.07) is 13.1. The molecule has 32 heavy (non-hydrogen) atoms. The Balaban J connectivity index is 1.52. The van der Waals surface area contributed by atoms with Crippen LogP contribution in [-0.4, -0.2) is 43.4 Å². The van der Waals surface area contributed by atoms with Crippen LogP contribution in [0.15, 0.2) is 59.7 Å². The van der Waals surface area contributed by atoms with E-state index in [-0.39, 0.29) is 17.9 Å². The number of hydrogen-bond donors (Lipinski definition) is 1. The summed E-state index contributed by atoms with van der Waals surface area (Å²) >= 11 is 0. The minimum Gasteiger partial charge on any atom is -0.449 e. The summed E-state index contributed by atoms with van der Waals surface area (Å²) in [6.07, 6.45) is 0.499. The SMILES string of the molecule is CC1(C)C(=O)N2c3ccccc3[C@]3(CC(n4cnc5ccccc5c4=O)C(=O)O3)[C@H]2N1O. The zero-order valence-corrected chi connectivity index (χ0v) is 17.4. The predicted molar refractivity (Wildman–Crippen MR) is 113 cm³/mol. The molecule has 3 aromatic rings. The van der Waals surface area contributed by atoms with Gasteiger partial charge in [0.15, 0.2) is 11.8 Å². The number of esters is 1. The first kappa shape index (κ1) is 19.1. The molecule has 3 aliphatic rings. The highest BCUT2D eigenvalue weighted by atomic mass is 16.6. The second-order valence-electron chi connectivity index (χ2n) is 8.97. The van der Waals surface area contributed by atoms with E-state index in [0.29, 0.717) is 22.2 Å². The Bertz CT molecular complexity index is 1380. The van der Waals surface area contributed by atoms with Crippen molar-refractivity contribution in [2.24, 2.45) is 0 Å². The third-order valence-corrected chi connectivity index (χ3v) is 6.91. The number of para-hydroxylation sites is 2. The number of nitrogens with zero attached hydrogens (tertiary/aromatic N) is 4. The Hall–Kier alpha value is -3.56. The molecule has 0 bridgehead atoms. The van der Waals surface area contributed by atoms with Gasteiger partial charge in [0.05, 0.1) is 22.9 Å². The number of ether oxygens (including phenoxy) is 1. The van der Waals surface area contributed by atoms with Gasteiger partial charge in [0.2, 0.25) is 0 Å². The van der Waals surface area contributed by atoms with Gasteiger partial charge in [-0.3, -0.25) is 19.1 Å². The van der Waals surface area contributed by atoms with Crippen molar-refractivity contribution < 1.29 is 19.5 Å². The minimum absolute atomic E-state index is 0.0738. The molecule has 9 nitrogen and oxygen atoms in total. The van der Waals surface area contributed by atoms with Gasteiger partial charge in [0, 0.05) is 12.0 Å². The lowest BCUT2D eigenvalue weighted by atomic mass is 9.88. The summed E-state index contributed by atoms with van der Waals surface area (Å²) in [5, 5.41) is 12.4. The van der Waals surface area contributed by atoms with E-state index in [9.17, 15) is 19.6 Å². The first-order valence-corrected chi connectivity index (χ1v) is 10.4. The fraction of sp³-hybridized carbons (Fsp3) is 0.304. The molecule has 3 aliphatic heterocycles. The Morgan fingerprint density at radius 1 is 1.06 bits per heavy atom. The van der Waals surface area contributed by atoms with Gasteiger partial charge < -0.3 is 9.94 Å². The molecule has 1 unspecified atom stereocenters. The van der Waals surface area contributed by atoms with Crippen LogP contribution in [0.3, 0.4) is 0 Å². The highest BCUT2D eigenvalue weighted by molar-refractivity contribution is 6.05. The second kappa shape index (κ2) is 6.02. The number of anilines is 1. The molecule has 4 heterocycles. The van der Waals surface area contributed by atoms with Crippen molar-refractivity contribution in [2.45, 2.75) is 43.6 Å². The Kier molecular flexibility index (Phi) is 3.60. The number of rotatable bonds is 1. The quantitative estimate of drug-likeness (QED) is 0.586. The molecule has 1 spiro atoms. The minimum atomic E-state index is -1.32. The number of carbonyl (C=O) groups excluding carboxylic acids is 2. The molecule has 1 N–H and O–H groups in total. The van der Waals surface area contributed by atoms with E-state index in [0.717, 1.165) is 5.06 Å². The van der Waals surface area contributed by atoms with Crippen LogP contribution in [0.2, 0.25) is 0 Å². The van der Waals surface area contributed by atoms with Gasteiger partial charge in [0.1, 0.15) is 11.6 Å². The monoisotopic (exact) mass is 432 g/mol. The number of carbonyl (C=O) groups is 2. The standard InChI is InChI=1S/C23H20N4O5/c1-22(2)21(30)26-16-10-6-4-8-14(16)23(20(26)27(22)31)11-17(19(29)32-23)25-12-24-15-9-5-3-7-13(15)18(25)28/h3-10,12,17,20,31H,11H2,1-2H3/t17?,20-,23-/m1/s1. The number of hydrogen-bond acceptors (Lipinski definition) is 7. The van der Waals surface area contributed by atoms with Crippen LogP contribution in [0.5, 0.6) is 0 Å². The summed E-state index contributed by atoms with van der Waals surface area (Å²) in [7, 11) is 0. The smallest absolute Gasteiger partial charge is 0.330 e. The molecule has 6 rings (SSSR count). The molecule has 9 heteroatoms. The van der Waals surface area contributed by atoms with Crippen LogP contribution in [0.1, 0.15) is 31.9 Å². The van der Waals surface area contributed by atoms with E-state index in [2.05, 4.69) is 4.98 Å². The molecular weight excluding hydrogens is 412 g/mol. The fourth-order valence-corrected chi connectivity index (χ4v) is 5.25. The first-order chi connectivity index (χ1) is 15.3. The number of amides is 1. The molecule has 3 atom stereocenters. The molecule has 0 saturated carbocycles. The third kappa shape index (κ3) is 2.14. The van der Waals surface area contributed by atoms with Crippen LogP contribution in [0.4, 0.5) is 5.69 Å². The van der Waals surface area contributed by atoms with E-state index >= 15 is 0 Å². The van der Waals surface area contributed by atoms with Crippen molar-refractivity contribution in [1.29, 1.82) is 0 Å². The molecular formula is C23H20N4O5. The zero-order valence-electron chi connectivity index (χ0n) is 17.4. The van der Waals surface area contributed by atoms with Gasteiger partial charge in [-0.1, -0.05) is 30.3 Å². The van der Waals surface area contributed by atoms with Gasteiger partial charge in [-0.15, -0.1) is 5.06 Å². The van der Waals surface area contributed by atoms with Gasteiger partial charge in [0.25, 0.3) is 11.5 Å². The van der Waals surface area contributed by atoms with Crippen LogP contribution in [0.25, 0.3) is 10.9 Å². The topological polar surface area (TPSA) is 105 Å². The lowest BCUT2D eigenvalue weighted by molar-refractivity contribution is -0.209. The summed E-state index contributed by atoms with van der Waals surface area (Å²) in [5.74, 6) is -0.898. The van der Waals surface area contributed by atoms with E-state index in [4.69, 9.17) is 4.74 Å². The van der Waals surface area contributed by atoms with E-state index in [1.165, 1.54) is 15.8 Å². The van der Waals surface area contributed by atoms with Crippen molar-refractivity contribution in [3.63, 3.8) is 0 Å². The van der Waals surface area contributed by atoms with Crippen molar-refractivity contribution >= 4 is 28.5 Å². The van der Waals surface area contributed by atoms with Gasteiger partial charge in [-0.2, -0.15) is 0 Å². The van der Waals surface area contributed by atoms with Crippen molar-refractivity contribution in [3.8, 4) is 0 Å². The molecule has 162 valence electrons. The van der Waals surface area contributed by atoms with E-state index in [1.807, 2.05) is 0 Å². The highest BCUT2D eigenvalue weighted by Gasteiger charge is 2.70. The van der Waals surface area contributed by atoms with Crippen LogP contribution in [0, 0.1) is 0 Å². The molecule has 2 saturated heterocycles. The third-order valence-electron chi connectivity index (χ3n) is 6.91. The number of aromatic nitrogens is 2. The fourth-order valence-electron chi connectivity index (χ4n) is 5.25. The van der Waals surface area contributed by atoms with Crippen molar-refractivity contribution in [1.82, 2.24) is 14.6 Å². The Labute approximate surface area is 182 Å². The van der Waals surface area contributed by atoms with Gasteiger partial charge >= 0.3 is 5.97 Å². The maximum absolute atomic E-state index is 13.2. The van der Waals surface area contributed by atoms with Crippen molar-refractivity contribution in [2.75, 3.05) is 4.90 Å². The largest absolute Gasteiger partial charge is 0.449 e. The van der Waals surface area contributed by atoms with Crippen LogP contribution < -0.4 is 10.5 Å². The molecule has 2 aromatic carbocycles. The summed E-state index contributed by atoms with van der Waals surface area (Å²) in [4.78, 5) is 45.3. The number of benzene rings is 2. The van der Waals surface area contributed by atoms with E-state index < -0.39 is 29.3 Å². The van der Waals surface area contributed by atoms with Crippen molar-refractivity contribution in [3.05, 3.63) is 70.8 Å². The van der Waals surface area contributed by atoms with Crippen LogP contribution >= 0.6 is 0 Å². The summed E-state index contributed by atoms with van der Waals surface area (Å²) < 4.78 is 7.26. The zero-order chi connectivity index (χ0) is 22.4. The summed E-state index contributed by atoms with van der Waals surface area (Å²) in [6.45, 7) is 3.24. The second-order valence-corrected chi connectivity index (χ2v) is 8.97. The molecule has 2 fully saturated rings. The first-order valence-electron chi connectivity index (χ1n) is 10.4. The van der Waals surface area contributed by atoms with Gasteiger partial charge in [-0.25, -0.2) is 9.78 Å². The normalized spacial score (nSPS) is 28.4. The maximum atomic E-state index is 13.2. The molecule has 1 aromatic heterocycles. The Morgan fingerprint density at radius 2 is 1.78 bits per heavy atom. The maximum Gasteiger partial charge on any atom is 0.330 e. The van der Waals surface area contributed by atoms with E-state index in [1.54, 1.807) is 62.4 Å². The molecule has 1 amide bonds. The Morgan fingerprint density at radius 3 is 2.59 bits per heavy atom. The van der Waals surface area contributed by atoms with Gasteiger partial charge in [-0.05, 0) is 32.0 Å². The average Bonchev–Trinajstić information content (AvgIpc) is 3.33. The molecule has 0 aliphatic carbocycles. The summed E-state index contributed by atoms with van der Waals surface area (Å²) in [5.41, 5.74) is -1.10. The predicted octanol–water partition coefficient (Wildman–Crippen LogP) is 1.94. The number of hydroxylamine groups is 2. The number of fused-ring (bicyclic) bond motifs is 6. The lowest BCUT2D eigenvalue weighted by Crippen LogP contribution is -2.52. The average molecular weight is 432 g/mol. The lowest BCUT2D eigenvalue weighted by Gasteiger charge is -2.35. The highest BCUT2D eigenvalue weighted by Crippen LogP contribution is 2.58. The van der Waals surface area contributed by atoms with Crippen LogP contribution in [-0.2, 0) is 19.9 Å². The molecule has 0 radical (unpaired) electrons.